The Morgan fingerprint density at radius 1 is 1.12 bits per heavy atom. The minimum absolute atomic E-state index is 0.296. The first kappa shape index (κ1) is 17.5. The van der Waals surface area contributed by atoms with Crippen LogP contribution in [-0.2, 0) is 19.1 Å². The van der Waals surface area contributed by atoms with E-state index in [2.05, 4.69) is 11.3 Å². The lowest BCUT2D eigenvalue weighted by Gasteiger charge is -2.01. The van der Waals surface area contributed by atoms with Crippen LogP contribution in [0.2, 0.25) is 0 Å². The van der Waals surface area contributed by atoms with E-state index in [1.54, 1.807) is 0 Å². The molecule has 0 atom stereocenters. The van der Waals surface area contributed by atoms with Crippen molar-refractivity contribution in [3.8, 4) is 0 Å². The van der Waals surface area contributed by atoms with E-state index in [1.807, 2.05) is 0 Å². The van der Waals surface area contributed by atoms with Crippen LogP contribution in [0.3, 0.4) is 0 Å². The molecule has 0 aliphatic heterocycles. The van der Waals surface area contributed by atoms with Crippen LogP contribution in [-0.4, -0.2) is 51.2 Å². The van der Waals surface area contributed by atoms with Crippen molar-refractivity contribution in [2.24, 2.45) is 0 Å². The van der Waals surface area contributed by atoms with Crippen LogP contribution >= 0.6 is 0 Å². The number of esters is 1. The zero-order chi connectivity index (χ0) is 13.8. The number of aliphatic hydroxyl groups is 2. The molecule has 0 fully saturated rings. The Bertz CT molecular complexity index is 256. The Balaban J connectivity index is 0. The van der Waals surface area contributed by atoms with Gasteiger partial charge in [-0.2, -0.15) is 0 Å². The fourth-order valence-electron chi connectivity index (χ4n) is 0.429. The molecule has 0 aromatic rings. The SMILES string of the molecule is C=CC(=O)OCC(O)O.O=C(O)CCC(=O)O. The van der Waals surface area contributed by atoms with Crippen LogP contribution in [0, 0.1) is 0 Å². The van der Waals surface area contributed by atoms with E-state index in [0.29, 0.717) is 0 Å². The lowest BCUT2D eigenvalue weighted by atomic mass is 10.3. The number of carboxylic acid groups (broad SMARTS) is 2. The third-order valence-electron chi connectivity index (χ3n) is 1.09. The van der Waals surface area contributed by atoms with Crippen molar-refractivity contribution in [1.82, 2.24) is 0 Å². The van der Waals surface area contributed by atoms with Gasteiger partial charge >= 0.3 is 17.9 Å². The fraction of sp³-hybridized carbons (Fsp3) is 0.444. The number of rotatable bonds is 6. The molecule has 0 aromatic heterocycles. The maximum atomic E-state index is 10.2. The topological polar surface area (TPSA) is 141 Å². The van der Waals surface area contributed by atoms with Gasteiger partial charge in [0.25, 0.3) is 0 Å². The molecule has 0 aliphatic rings. The molecule has 98 valence electrons. The predicted octanol–water partition coefficient (Wildman–Crippen LogP) is -1.04. The van der Waals surface area contributed by atoms with Crippen LogP contribution in [0.4, 0.5) is 0 Å². The highest BCUT2D eigenvalue weighted by atomic mass is 16.6. The molecule has 0 amide bonds. The highest BCUT2D eigenvalue weighted by Gasteiger charge is 2.00. The lowest BCUT2D eigenvalue weighted by molar-refractivity contribution is -0.150. The van der Waals surface area contributed by atoms with E-state index in [0.717, 1.165) is 6.08 Å². The number of aliphatic carboxylic acids is 2. The Morgan fingerprint density at radius 2 is 1.53 bits per heavy atom. The number of hydrogen-bond acceptors (Lipinski definition) is 6. The van der Waals surface area contributed by atoms with Gasteiger partial charge in [-0.25, -0.2) is 4.79 Å². The molecule has 0 rings (SSSR count). The van der Waals surface area contributed by atoms with E-state index < -0.39 is 30.8 Å². The molecule has 0 spiro atoms. The fourth-order valence-corrected chi connectivity index (χ4v) is 0.429. The largest absolute Gasteiger partial charge is 0.481 e. The van der Waals surface area contributed by atoms with Crippen LogP contribution in [0.25, 0.3) is 0 Å². The van der Waals surface area contributed by atoms with Crippen molar-refractivity contribution in [1.29, 1.82) is 0 Å². The molecular weight excluding hydrogens is 236 g/mol. The van der Waals surface area contributed by atoms with Crippen molar-refractivity contribution < 1.29 is 39.5 Å². The first-order valence-electron chi connectivity index (χ1n) is 4.38. The molecule has 17 heavy (non-hydrogen) atoms. The second kappa shape index (κ2) is 10.6. The lowest BCUT2D eigenvalue weighted by Crippen LogP contribution is -2.16. The van der Waals surface area contributed by atoms with Gasteiger partial charge in [0, 0.05) is 6.08 Å². The van der Waals surface area contributed by atoms with E-state index in [9.17, 15) is 14.4 Å². The number of ether oxygens (including phenoxy) is 1. The number of carbonyl (C=O) groups is 3. The second-order valence-corrected chi connectivity index (χ2v) is 2.60. The number of hydrogen-bond donors (Lipinski definition) is 4. The van der Waals surface area contributed by atoms with Crippen LogP contribution in [0.1, 0.15) is 12.8 Å². The molecule has 0 bridgehead atoms. The Hall–Kier alpha value is -1.93. The average Bonchev–Trinajstić information content (AvgIpc) is 2.23. The first-order valence-corrected chi connectivity index (χ1v) is 4.38. The third-order valence-corrected chi connectivity index (χ3v) is 1.09. The van der Waals surface area contributed by atoms with Crippen molar-refractivity contribution >= 4 is 17.9 Å². The van der Waals surface area contributed by atoms with Gasteiger partial charge in [0.15, 0.2) is 6.29 Å². The summed E-state index contributed by atoms with van der Waals surface area (Å²) in [6.45, 7) is 2.69. The van der Waals surface area contributed by atoms with Crippen molar-refractivity contribution in [2.75, 3.05) is 6.61 Å². The first-order chi connectivity index (χ1) is 7.79. The van der Waals surface area contributed by atoms with Crippen molar-refractivity contribution in [3.05, 3.63) is 12.7 Å². The summed E-state index contributed by atoms with van der Waals surface area (Å²) in [6.07, 6.45) is -1.25. The quantitative estimate of drug-likeness (QED) is 0.266. The summed E-state index contributed by atoms with van der Waals surface area (Å²) < 4.78 is 4.20. The van der Waals surface area contributed by atoms with Gasteiger partial charge in [-0.05, 0) is 0 Å². The standard InChI is InChI=1S/C5H8O4.C4H6O4/c1-2-5(8)9-3-4(6)7;5-3(6)1-2-4(7)8/h2,4,6-7H,1,3H2;1-2H2,(H,5,6)(H,7,8). The Morgan fingerprint density at radius 3 is 1.76 bits per heavy atom. The molecule has 8 heteroatoms. The van der Waals surface area contributed by atoms with Gasteiger partial charge in [0.2, 0.25) is 0 Å². The number of carbonyl (C=O) groups excluding carboxylic acids is 1. The normalized spacial score (nSPS) is 8.88. The minimum atomic E-state index is -1.60. The van der Waals surface area contributed by atoms with Gasteiger partial charge in [0.05, 0.1) is 12.8 Å². The van der Waals surface area contributed by atoms with Crippen LogP contribution < -0.4 is 0 Å². The van der Waals surface area contributed by atoms with Gasteiger partial charge < -0.3 is 25.2 Å². The second-order valence-electron chi connectivity index (χ2n) is 2.60. The Kier molecular flexibility index (Phi) is 10.9. The predicted molar refractivity (Wildman–Crippen MR) is 53.9 cm³/mol. The average molecular weight is 250 g/mol. The highest BCUT2D eigenvalue weighted by molar-refractivity contribution is 5.81. The zero-order valence-electron chi connectivity index (χ0n) is 8.90. The smallest absolute Gasteiger partial charge is 0.330 e. The monoisotopic (exact) mass is 250 g/mol. The molecule has 0 radical (unpaired) electrons. The molecule has 0 heterocycles. The third kappa shape index (κ3) is 20.2. The summed E-state index contributed by atoms with van der Waals surface area (Å²) >= 11 is 0. The summed E-state index contributed by atoms with van der Waals surface area (Å²) in [5.74, 6) is -2.82. The number of aliphatic hydroxyl groups excluding tert-OH is 1. The maximum Gasteiger partial charge on any atom is 0.330 e. The molecule has 0 aromatic carbocycles. The van der Waals surface area contributed by atoms with Crippen LogP contribution in [0.15, 0.2) is 12.7 Å². The van der Waals surface area contributed by atoms with E-state index in [4.69, 9.17) is 20.4 Å². The highest BCUT2D eigenvalue weighted by Crippen LogP contribution is 1.86. The van der Waals surface area contributed by atoms with E-state index in [1.165, 1.54) is 0 Å². The summed E-state index contributed by atoms with van der Waals surface area (Å²) in [5, 5.41) is 32.1. The van der Waals surface area contributed by atoms with Gasteiger partial charge in [0.1, 0.15) is 6.61 Å². The molecule has 0 unspecified atom stereocenters. The summed E-state index contributed by atoms with van der Waals surface area (Å²) in [7, 11) is 0. The van der Waals surface area contributed by atoms with E-state index >= 15 is 0 Å². The van der Waals surface area contributed by atoms with Crippen LogP contribution in [0.5, 0.6) is 0 Å². The van der Waals surface area contributed by atoms with E-state index in [-0.39, 0.29) is 12.8 Å². The zero-order valence-corrected chi connectivity index (χ0v) is 8.90. The Labute approximate surface area is 96.8 Å². The van der Waals surface area contributed by atoms with Gasteiger partial charge in [-0.3, -0.25) is 9.59 Å². The summed E-state index contributed by atoms with van der Waals surface area (Å²) in [4.78, 5) is 29.4. The molecule has 0 saturated heterocycles. The van der Waals surface area contributed by atoms with Gasteiger partial charge in [-0.15, -0.1) is 0 Å². The molecular formula is C9H14O8. The maximum absolute atomic E-state index is 10.2. The minimum Gasteiger partial charge on any atom is -0.481 e. The molecule has 8 nitrogen and oxygen atoms in total. The molecule has 0 aliphatic carbocycles. The summed E-state index contributed by atoms with van der Waals surface area (Å²) in [5.41, 5.74) is 0. The van der Waals surface area contributed by atoms with Crippen molar-refractivity contribution in [3.63, 3.8) is 0 Å². The van der Waals surface area contributed by atoms with Gasteiger partial charge in [-0.1, -0.05) is 6.58 Å². The molecule has 4 N–H and O–H groups in total. The summed E-state index contributed by atoms with van der Waals surface area (Å²) in [6, 6.07) is 0. The molecule has 0 saturated carbocycles. The van der Waals surface area contributed by atoms with Crippen molar-refractivity contribution in [2.45, 2.75) is 19.1 Å². The number of carboxylic acids is 2.